The maximum Gasteiger partial charge on any atom is 0.306 e. The fraction of sp³-hybridized carbons (Fsp3) is 0.583. The third kappa shape index (κ3) is 2.93. The van der Waals surface area contributed by atoms with E-state index in [9.17, 15) is 9.59 Å². The Balaban J connectivity index is 2.09. The van der Waals surface area contributed by atoms with Crippen LogP contribution >= 0.6 is 0 Å². The lowest BCUT2D eigenvalue weighted by atomic mass is 10.1. The average Bonchev–Trinajstić information content (AvgIpc) is 2.68. The van der Waals surface area contributed by atoms with E-state index in [2.05, 4.69) is 10.2 Å². The first-order valence-electron chi connectivity index (χ1n) is 6.13. The van der Waals surface area contributed by atoms with Crippen LogP contribution < -0.4 is 0 Å². The zero-order chi connectivity index (χ0) is 14.0. The highest BCUT2D eigenvalue weighted by atomic mass is 16.5. The van der Waals surface area contributed by atoms with E-state index in [0.717, 1.165) is 5.69 Å². The number of hydrogen-bond acceptors (Lipinski definition) is 4. The van der Waals surface area contributed by atoms with Gasteiger partial charge in [-0.3, -0.25) is 14.7 Å². The summed E-state index contributed by atoms with van der Waals surface area (Å²) in [6, 6.07) is 0. The van der Waals surface area contributed by atoms with Crippen molar-refractivity contribution in [3.8, 4) is 0 Å². The number of rotatable bonds is 3. The highest BCUT2D eigenvalue weighted by Gasteiger charge is 2.28. The molecule has 0 aromatic carbocycles. The van der Waals surface area contributed by atoms with Crippen molar-refractivity contribution in [2.75, 3.05) is 19.7 Å². The summed E-state index contributed by atoms with van der Waals surface area (Å²) in [5.74, 6) is -1.04. The molecule has 19 heavy (non-hydrogen) atoms. The molecule has 1 atom stereocenters. The molecule has 0 bridgehead atoms. The quantitative estimate of drug-likeness (QED) is 0.823. The van der Waals surface area contributed by atoms with Crippen LogP contribution in [0.25, 0.3) is 0 Å². The van der Waals surface area contributed by atoms with Gasteiger partial charge in [0.05, 0.1) is 30.4 Å². The number of amides is 1. The van der Waals surface area contributed by atoms with Crippen molar-refractivity contribution in [1.29, 1.82) is 0 Å². The zero-order valence-corrected chi connectivity index (χ0v) is 11.0. The van der Waals surface area contributed by atoms with Crippen LogP contribution in [0.2, 0.25) is 0 Å². The van der Waals surface area contributed by atoms with Gasteiger partial charge in [0.2, 0.25) is 0 Å². The van der Waals surface area contributed by atoms with Crippen molar-refractivity contribution < 1.29 is 19.4 Å². The Hall–Kier alpha value is -1.89. The molecule has 1 aliphatic rings. The lowest BCUT2D eigenvalue weighted by Crippen LogP contribution is -2.46. The molecule has 1 unspecified atom stereocenters. The topological polar surface area (TPSA) is 95.5 Å². The van der Waals surface area contributed by atoms with Crippen LogP contribution in [0, 0.1) is 13.8 Å². The number of ether oxygens (including phenoxy) is 1. The second kappa shape index (κ2) is 5.40. The first kappa shape index (κ1) is 13.5. The summed E-state index contributed by atoms with van der Waals surface area (Å²) in [5, 5.41) is 15.5. The SMILES string of the molecule is Cc1n[nH]c(C)c1C(=O)N1CCOC(CC(=O)O)C1. The third-order valence-electron chi connectivity index (χ3n) is 3.17. The Bertz CT molecular complexity index is 478. The Morgan fingerprint density at radius 1 is 1.53 bits per heavy atom. The summed E-state index contributed by atoms with van der Waals surface area (Å²) >= 11 is 0. The minimum Gasteiger partial charge on any atom is -0.481 e. The van der Waals surface area contributed by atoms with Gasteiger partial charge in [-0.2, -0.15) is 5.10 Å². The van der Waals surface area contributed by atoms with Crippen molar-refractivity contribution in [2.45, 2.75) is 26.4 Å². The molecular weight excluding hydrogens is 250 g/mol. The Morgan fingerprint density at radius 3 is 2.84 bits per heavy atom. The molecule has 1 aliphatic heterocycles. The van der Waals surface area contributed by atoms with Crippen LogP contribution in [0.15, 0.2) is 0 Å². The molecule has 0 radical (unpaired) electrons. The predicted octanol–water partition coefficient (Wildman–Crippen LogP) is 0.342. The molecule has 0 spiro atoms. The van der Waals surface area contributed by atoms with Gasteiger partial charge >= 0.3 is 5.97 Å². The van der Waals surface area contributed by atoms with Gasteiger partial charge in [0.15, 0.2) is 0 Å². The van der Waals surface area contributed by atoms with Crippen LogP contribution in [-0.4, -0.2) is 57.9 Å². The van der Waals surface area contributed by atoms with E-state index in [0.29, 0.717) is 31.0 Å². The summed E-state index contributed by atoms with van der Waals surface area (Å²) in [4.78, 5) is 24.7. The monoisotopic (exact) mass is 267 g/mol. The van der Waals surface area contributed by atoms with Crippen molar-refractivity contribution in [3.05, 3.63) is 17.0 Å². The molecule has 1 saturated heterocycles. The smallest absolute Gasteiger partial charge is 0.306 e. The highest BCUT2D eigenvalue weighted by molar-refractivity contribution is 5.96. The molecule has 7 heteroatoms. The number of carboxylic acid groups (broad SMARTS) is 1. The lowest BCUT2D eigenvalue weighted by Gasteiger charge is -2.32. The van der Waals surface area contributed by atoms with Gasteiger partial charge in [-0.1, -0.05) is 0 Å². The predicted molar refractivity (Wildman–Crippen MR) is 66.0 cm³/mol. The van der Waals surface area contributed by atoms with Gasteiger partial charge < -0.3 is 14.7 Å². The molecular formula is C12H17N3O4. The van der Waals surface area contributed by atoms with Gasteiger partial charge in [-0.05, 0) is 13.8 Å². The second-order valence-corrected chi connectivity index (χ2v) is 4.65. The van der Waals surface area contributed by atoms with Gasteiger partial charge in [-0.25, -0.2) is 0 Å². The van der Waals surface area contributed by atoms with Gasteiger partial charge in [0.1, 0.15) is 0 Å². The summed E-state index contributed by atoms with van der Waals surface area (Å²) in [5.41, 5.74) is 1.95. The number of carbonyl (C=O) groups excluding carboxylic acids is 1. The van der Waals surface area contributed by atoms with Crippen LogP contribution in [0.1, 0.15) is 28.2 Å². The number of carbonyl (C=O) groups is 2. The van der Waals surface area contributed by atoms with E-state index in [1.165, 1.54) is 0 Å². The fourth-order valence-corrected chi connectivity index (χ4v) is 2.25. The number of aliphatic carboxylic acids is 1. The average molecular weight is 267 g/mol. The number of carboxylic acids is 1. The van der Waals surface area contributed by atoms with Crippen LogP contribution in [-0.2, 0) is 9.53 Å². The van der Waals surface area contributed by atoms with E-state index in [-0.39, 0.29) is 12.3 Å². The molecule has 1 aromatic rings. The minimum absolute atomic E-state index is 0.0901. The first-order valence-corrected chi connectivity index (χ1v) is 6.13. The van der Waals surface area contributed by atoms with E-state index < -0.39 is 12.1 Å². The maximum atomic E-state index is 12.4. The van der Waals surface area contributed by atoms with Gasteiger partial charge in [0.25, 0.3) is 5.91 Å². The van der Waals surface area contributed by atoms with Gasteiger partial charge in [-0.15, -0.1) is 0 Å². The molecule has 104 valence electrons. The van der Waals surface area contributed by atoms with E-state index in [1.807, 2.05) is 0 Å². The molecule has 1 fully saturated rings. The van der Waals surface area contributed by atoms with Crippen LogP contribution in [0.3, 0.4) is 0 Å². The van der Waals surface area contributed by atoms with Crippen molar-refractivity contribution >= 4 is 11.9 Å². The van der Waals surface area contributed by atoms with Gasteiger partial charge in [0, 0.05) is 18.8 Å². The number of aromatic amines is 1. The van der Waals surface area contributed by atoms with E-state index in [4.69, 9.17) is 9.84 Å². The summed E-state index contributed by atoms with van der Waals surface area (Å²) < 4.78 is 5.35. The number of aryl methyl sites for hydroxylation is 2. The summed E-state index contributed by atoms with van der Waals surface area (Å²) in [6.45, 7) is 4.70. The van der Waals surface area contributed by atoms with Crippen LogP contribution in [0.4, 0.5) is 0 Å². The molecule has 2 N–H and O–H groups in total. The summed E-state index contributed by atoms with van der Waals surface area (Å²) in [6.07, 6.45) is -0.532. The molecule has 2 rings (SSSR count). The molecule has 7 nitrogen and oxygen atoms in total. The molecule has 1 amide bonds. The second-order valence-electron chi connectivity index (χ2n) is 4.65. The Kier molecular flexibility index (Phi) is 3.84. The highest BCUT2D eigenvalue weighted by Crippen LogP contribution is 2.16. The molecule has 0 saturated carbocycles. The molecule has 0 aliphatic carbocycles. The largest absolute Gasteiger partial charge is 0.481 e. The minimum atomic E-state index is -0.921. The number of morpholine rings is 1. The Labute approximate surface area is 110 Å². The molecule has 1 aromatic heterocycles. The maximum absolute atomic E-state index is 12.4. The van der Waals surface area contributed by atoms with Crippen molar-refractivity contribution in [1.82, 2.24) is 15.1 Å². The standard InChI is InChI=1S/C12H17N3O4/c1-7-11(8(2)14-13-7)12(18)15-3-4-19-9(6-15)5-10(16)17/h9H,3-6H2,1-2H3,(H,13,14)(H,16,17). The molecule has 2 heterocycles. The third-order valence-corrected chi connectivity index (χ3v) is 3.17. The first-order chi connectivity index (χ1) is 8.99. The number of hydrogen-bond donors (Lipinski definition) is 2. The van der Waals surface area contributed by atoms with Crippen molar-refractivity contribution in [3.63, 3.8) is 0 Å². The number of nitrogens with one attached hydrogen (secondary N) is 1. The fourth-order valence-electron chi connectivity index (χ4n) is 2.25. The number of nitrogens with zero attached hydrogens (tertiary/aromatic N) is 2. The lowest BCUT2D eigenvalue weighted by molar-refractivity contribution is -0.141. The zero-order valence-electron chi connectivity index (χ0n) is 11.0. The Morgan fingerprint density at radius 2 is 2.26 bits per heavy atom. The van der Waals surface area contributed by atoms with Crippen molar-refractivity contribution in [2.24, 2.45) is 0 Å². The number of aromatic nitrogens is 2. The van der Waals surface area contributed by atoms with E-state index in [1.54, 1.807) is 18.7 Å². The van der Waals surface area contributed by atoms with E-state index >= 15 is 0 Å². The van der Waals surface area contributed by atoms with Crippen LogP contribution in [0.5, 0.6) is 0 Å². The number of H-pyrrole nitrogens is 1. The normalized spacial score (nSPS) is 19.5. The summed E-state index contributed by atoms with van der Waals surface area (Å²) in [7, 11) is 0.